The van der Waals surface area contributed by atoms with E-state index in [2.05, 4.69) is 29.3 Å². The molecule has 1 aliphatic heterocycles. The molecule has 1 unspecified atom stereocenters. The van der Waals surface area contributed by atoms with Crippen LogP contribution in [0.1, 0.15) is 24.0 Å². The van der Waals surface area contributed by atoms with Gasteiger partial charge in [0.1, 0.15) is 0 Å². The molecule has 1 atom stereocenters. The second-order valence-electron chi connectivity index (χ2n) is 5.90. The van der Waals surface area contributed by atoms with Crippen molar-refractivity contribution in [1.82, 2.24) is 10.2 Å². The normalized spacial score (nSPS) is 19.4. The monoisotopic (exact) mass is 290 g/mol. The SMILES string of the molecule is COCC1CCCN(CC(=O)NCc2ccccc2C)C1. The molecule has 4 heteroatoms. The Morgan fingerprint density at radius 2 is 2.24 bits per heavy atom. The summed E-state index contributed by atoms with van der Waals surface area (Å²) < 4.78 is 5.23. The fourth-order valence-electron chi connectivity index (χ4n) is 2.93. The molecule has 0 spiro atoms. The molecular weight excluding hydrogens is 264 g/mol. The van der Waals surface area contributed by atoms with Gasteiger partial charge in [-0.1, -0.05) is 24.3 Å². The summed E-state index contributed by atoms with van der Waals surface area (Å²) in [6.45, 7) is 5.94. The van der Waals surface area contributed by atoms with Crippen LogP contribution in [0.15, 0.2) is 24.3 Å². The van der Waals surface area contributed by atoms with Gasteiger partial charge in [0.2, 0.25) is 5.91 Å². The number of likely N-dealkylation sites (tertiary alicyclic amines) is 1. The summed E-state index contributed by atoms with van der Waals surface area (Å²) in [4.78, 5) is 14.3. The maximum Gasteiger partial charge on any atom is 0.234 e. The van der Waals surface area contributed by atoms with E-state index in [9.17, 15) is 4.79 Å². The van der Waals surface area contributed by atoms with Crippen LogP contribution in [0, 0.1) is 12.8 Å². The van der Waals surface area contributed by atoms with Gasteiger partial charge in [-0.15, -0.1) is 0 Å². The average Bonchev–Trinajstić information content (AvgIpc) is 2.47. The maximum atomic E-state index is 12.1. The Morgan fingerprint density at radius 3 is 3.00 bits per heavy atom. The van der Waals surface area contributed by atoms with E-state index in [1.165, 1.54) is 17.5 Å². The van der Waals surface area contributed by atoms with Crippen LogP contribution in [0.2, 0.25) is 0 Å². The van der Waals surface area contributed by atoms with Gasteiger partial charge in [-0.3, -0.25) is 9.69 Å². The van der Waals surface area contributed by atoms with Crippen LogP contribution in [-0.4, -0.2) is 44.2 Å². The van der Waals surface area contributed by atoms with Crippen molar-refractivity contribution in [1.29, 1.82) is 0 Å². The third-order valence-corrected chi connectivity index (χ3v) is 4.11. The van der Waals surface area contributed by atoms with E-state index in [0.717, 1.165) is 26.1 Å². The van der Waals surface area contributed by atoms with Crippen LogP contribution in [0.25, 0.3) is 0 Å². The number of nitrogens with one attached hydrogen (secondary N) is 1. The molecule has 0 aromatic heterocycles. The maximum absolute atomic E-state index is 12.1. The van der Waals surface area contributed by atoms with Gasteiger partial charge in [0.25, 0.3) is 0 Å². The van der Waals surface area contributed by atoms with Crippen LogP contribution in [-0.2, 0) is 16.1 Å². The quantitative estimate of drug-likeness (QED) is 0.871. The van der Waals surface area contributed by atoms with E-state index in [4.69, 9.17) is 4.74 Å². The minimum Gasteiger partial charge on any atom is -0.384 e. The summed E-state index contributed by atoms with van der Waals surface area (Å²) in [5, 5.41) is 3.02. The van der Waals surface area contributed by atoms with Crippen molar-refractivity contribution < 1.29 is 9.53 Å². The lowest BCUT2D eigenvalue weighted by Gasteiger charge is -2.31. The third-order valence-electron chi connectivity index (χ3n) is 4.11. The Hall–Kier alpha value is -1.39. The molecule has 21 heavy (non-hydrogen) atoms. The highest BCUT2D eigenvalue weighted by Crippen LogP contribution is 2.16. The molecule has 1 N–H and O–H groups in total. The van der Waals surface area contributed by atoms with Gasteiger partial charge >= 0.3 is 0 Å². The molecule has 0 radical (unpaired) electrons. The minimum atomic E-state index is 0.108. The van der Waals surface area contributed by atoms with Gasteiger partial charge in [-0.05, 0) is 43.4 Å². The summed E-state index contributed by atoms with van der Waals surface area (Å²) >= 11 is 0. The van der Waals surface area contributed by atoms with Gasteiger partial charge in [-0.25, -0.2) is 0 Å². The highest BCUT2D eigenvalue weighted by atomic mass is 16.5. The predicted octanol–water partition coefficient (Wildman–Crippen LogP) is 1.97. The first kappa shape index (κ1) is 16.0. The number of methoxy groups -OCH3 is 1. The second-order valence-corrected chi connectivity index (χ2v) is 5.90. The molecular formula is C17H26N2O2. The predicted molar refractivity (Wildman–Crippen MR) is 84.1 cm³/mol. The van der Waals surface area contributed by atoms with E-state index in [0.29, 0.717) is 19.0 Å². The first-order valence-electron chi connectivity index (χ1n) is 7.71. The van der Waals surface area contributed by atoms with Crippen LogP contribution in [0.4, 0.5) is 0 Å². The van der Waals surface area contributed by atoms with Crippen LogP contribution >= 0.6 is 0 Å². The topological polar surface area (TPSA) is 41.6 Å². The number of ether oxygens (including phenoxy) is 1. The zero-order chi connectivity index (χ0) is 15.1. The smallest absolute Gasteiger partial charge is 0.234 e. The fraction of sp³-hybridized carbons (Fsp3) is 0.588. The van der Waals surface area contributed by atoms with Crippen molar-refractivity contribution in [2.24, 2.45) is 5.92 Å². The number of piperidine rings is 1. The first-order valence-corrected chi connectivity index (χ1v) is 7.71. The third kappa shape index (κ3) is 5.14. The molecule has 1 amide bonds. The van der Waals surface area contributed by atoms with E-state index in [1.54, 1.807) is 7.11 Å². The summed E-state index contributed by atoms with van der Waals surface area (Å²) in [5.41, 5.74) is 2.40. The van der Waals surface area contributed by atoms with Crippen LogP contribution in [0.3, 0.4) is 0 Å². The Kier molecular flexibility index (Phi) is 6.21. The number of carbonyl (C=O) groups is 1. The Morgan fingerprint density at radius 1 is 1.43 bits per heavy atom. The van der Waals surface area contributed by atoms with Crippen LogP contribution in [0.5, 0.6) is 0 Å². The molecule has 4 nitrogen and oxygen atoms in total. The van der Waals surface area contributed by atoms with E-state index in [-0.39, 0.29) is 5.91 Å². The molecule has 1 heterocycles. The lowest BCUT2D eigenvalue weighted by molar-refractivity contribution is -0.122. The van der Waals surface area contributed by atoms with Crippen LogP contribution < -0.4 is 5.32 Å². The Balaban J connectivity index is 1.75. The molecule has 1 fully saturated rings. The van der Waals surface area contributed by atoms with Gasteiger partial charge in [0, 0.05) is 20.2 Å². The minimum absolute atomic E-state index is 0.108. The van der Waals surface area contributed by atoms with Gasteiger partial charge in [0.05, 0.1) is 13.2 Å². The number of carbonyl (C=O) groups excluding carboxylic acids is 1. The van der Waals surface area contributed by atoms with Crippen molar-refractivity contribution >= 4 is 5.91 Å². The number of aryl methyl sites for hydroxylation is 1. The average molecular weight is 290 g/mol. The fourth-order valence-corrected chi connectivity index (χ4v) is 2.93. The molecule has 0 aliphatic carbocycles. The second kappa shape index (κ2) is 8.15. The van der Waals surface area contributed by atoms with Gasteiger partial charge in [0.15, 0.2) is 0 Å². The summed E-state index contributed by atoms with van der Waals surface area (Å²) in [5.74, 6) is 0.671. The molecule has 0 bridgehead atoms. The molecule has 1 aromatic rings. The summed E-state index contributed by atoms with van der Waals surface area (Å²) in [7, 11) is 1.74. The lowest BCUT2D eigenvalue weighted by Crippen LogP contribution is -2.43. The zero-order valence-corrected chi connectivity index (χ0v) is 13.1. The largest absolute Gasteiger partial charge is 0.384 e. The van der Waals surface area contributed by atoms with Crippen molar-refractivity contribution in [3.63, 3.8) is 0 Å². The van der Waals surface area contributed by atoms with Crippen molar-refractivity contribution in [3.05, 3.63) is 35.4 Å². The molecule has 0 saturated carbocycles. The number of hydrogen-bond acceptors (Lipinski definition) is 3. The molecule has 1 aliphatic rings. The summed E-state index contributed by atoms with van der Waals surface area (Å²) in [6, 6.07) is 8.16. The van der Waals surface area contributed by atoms with E-state index < -0.39 is 0 Å². The zero-order valence-electron chi connectivity index (χ0n) is 13.1. The summed E-state index contributed by atoms with van der Waals surface area (Å²) in [6.07, 6.45) is 2.36. The first-order chi connectivity index (χ1) is 10.2. The number of hydrogen-bond donors (Lipinski definition) is 1. The number of amides is 1. The molecule has 2 rings (SSSR count). The van der Waals surface area contributed by atoms with Gasteiger partial charge in [-0.2, -0.15) is 0 Å². The number of benzene rings is 1. The van der Waals surface area contributed by atoms with E-state index in [1.807, 2.05) is 12.1 Å². The van der Waals surface area contributed by atoms with Crippen molar-refractivity contribution in [3.8, 4) is 0 Å². The van der Waals surface area contributed by atoms with Crippen molar-refractivity contribution in [2.45, 2.75) is 26.3 Å². The lowest BCUT2D eigenvalue weighted by atomic mass is 9.99. The number of nitrogens with zero attached hydrogens (tertiary/aromatic N) is 1. The molecule has 1 aromatic carbocycles. The highest BCUT2D eigenvalue weighted by molar-refractivity contribution is 5.78. The Bertz CT molecular complexity index is 460. The van der Waals surface area contributed by atoms with Crippen molar-refractivity contribution in [2.75, 3.05) is 33.4 Å². The van der Waals surface area contributed by atoms with Gasteiger partial charge < -0.3 is 10.1 Å². The highest BCUT2D eigenvalue weighted by Gasteiger charge is 2.21. The molecule has 1 saturated heterocycles. The Labute approximate surface area is 127 Å². The standard InChI is InChI=1S/C17H26N2O2/c1-14-6-3-4-8-16(14)10-18-17(20)12-19-9-5-7-15(11-19)13-21-2/h3-4,6,8,15H,5,7,9-13H2,1-2H3,(H,18,20). The molecule has 116 valence electrons. The van der Waals surface area contributed by atoms with E-state index >= 15 is 0 Å². The number of rotatable bonds is 6.